The lowest BCUT2D eigenvalue weighted by Crippen LogP contribution is -2.20. The zero-order chi connectivity index (χ0) is 14.8. The van der Waals surface area contributed by atoms with Crippen LogP contribution in [0.5, 0.6) is 0 Å². The van der Waals surface area contributed by atoms with Crippen LogP contribution in [0, 0.1) is 13.8 Å². The van der Waals surface area contributed by atoms with Crippen molar-refractivity contribution < 1.29 is 0 Å². The average Bonchev–Trinajstić information content (AvgIpc) is 2.50. The van der Waals surface area contributed by atoms with Gasteiger partial charge in [0.15, 0.2) is 0 Å². The third-order valence-corrected chi connectivity index (χ3v) is 4.00. The first kappa shape index (κ1) is 13.8. The van der Waals surface area contributed by atoms with Crippen molar-refractivity contribution in [2.75, 3.05) is 7.05 Å². The van der Waals surface area contributed by atoms with Crippen molar-refractivity contribution in [3.05, 3.63) is 77.1 Å². The molecule has 106 valence electrons. The Kier molecular flexibility index (Phi) is 3.72. The van der Waals surface area contributed by atoms with Crippen molar-refractivity contribution >= 4 is 10.8 Å². The molecule has 1 aromatic heterocycles. The minimum absolute atomic E-state index is 0.108. The minimum Gasteiger partial charge on any atom is -0.308 e. The number of pyridine rings is 1. The number of nitrogens with one attached hydrogen (secondary N) is 1. The van der Waals surface area contributed by atoms with Gasteiger partial charge in [0.25, 0.3) is 0 Å². The van der Waals surface area contributed by atoms with Crippen LogP contribution in [0.4, 0.5) is 0 Å². The Labute approximate surface area is 125 Å². The lowest BCUT2D eigenvalue weighted by atomic mass is 9.94. The molecule has 3 rings (SSSR count). The Bertz CT molecular complexity index is 772. The fraction of sp³-hybridized carbons (Fsp3) is 0.211. The average molecular weight is 276 g/mol. The Balaban J connectivity index is 2.18. The van der Waals surface area contributed by atoms with Gasteiger partial charge in [-0.15, -0.1) is 0 Å². The van der Waals surface area contributed by atoms with Gasteiger partial charge < -0.3 is 5.32 Å². The summed E-state index contributed by atoms with van der Waals surface area (Å²) in [6.45, 7) is 4.29. The van der Waals surface area contributed by atoms with Crippen molar-refractivity contribution in [2.45, 2.75) is 19.9 Å². The number of hydrogen-bond acceptors (Lipinski definition) is 2. The van der Waals surface area contributed by atoms with E-state index in [1.807, 2.05) is 13.2 Å². The maximum Gasteiger partial charge on any atom is 0.0757 e. The van der Waals surface area contributed by atoms with Crippen LogP contribution in [-0.2, 0) is 0 Å². The van der Waals surface area contributed by atoms with Crippen molar-refractivity contribution in [2.24, 2.45) is 0 Å². The number of benzene rings is 2. The zero-order valence-corrected chi connectivity index (χ0v) is 12.7. The quantitative estimate of drug-likeness (QED) is 0.777. The summed E-state index contributed by atoms with van der Waals surface area (Å²) >= 11 is 0. The van der Waals surface area contributed by atoms with Crippen LogP contribution >= 0.6 is 0 Å². The topological polar surface area (TPSA) is 24.9 Å². The fourth-order valence-corrected chi connectivity index (χ4v) is 2.96. The van der Waals surface area contributed by atoms with Crippen LogP contribution in [0.2, 0.25) is 0 Å². The van der Waals surface area contributed by atoms with Gasteiger partial charge in [0.05, 0.1) is 11.7 Å². The molecule has 0 aliphatic heterocycles. The van der Waals surface area contributed by atoms with E-state index >= 15 is 0 Å². The van der Waals surface area contributed by atoms with Gasteiger partial charge in [-0.25, -0.2) is 0 Å². The molecule has 1 N–H and O–H groups in total. The summed E-state index contributed by atoms with van der Waals surface area (Å²) in [5, 5.41) is 5.86. The van der Waals surface area contributed by atoms with Gasteiger partial charge in [0.1, 0.15) is 0 Å². The predicted octanol–water partition coefficient (Wildman–Crippen LogP) is 4.16. The summed E-state index contributed by atoms with van der Waals surface area (Å²) in [6, 6.07) is 17.2. The molecule has 0 saturated carbocycles. The highest BCUT2D eigenvalue weighted by Gasteiger charge is 2.17. The van der Waals surface area contributed by atoms with Gasteiger partial charge in [0, 0.05) is 11.6 Å². The van der Waals surface area contributed by atoms with Crippen LogP contribution in [0.25, 0.3) is 10.8 Å². The van der Waals surface area contributed by atoms with E-state index in [2.05, 4.69) is 72.7 Å². The van der Waals surface area contributed by atoms with E-state index in [1.54, 1.807) is 0 Å². The van der Waals surface area contributed by atoms with Gasteiger partial charge in [-0.3, -0.25) is 4.98 Å². The van der Waals surface area contributed by atoms with Gasteiger partial charge >= 0.3 is 0 Å². The molecular weight excluding hydrogens is 256 g/mol. The first-order valence-corrected chi connectivity index (χ1v) is 7.29. The molecule has 0 fully saturated rings. The molecule has 2 heteroatoms. The molecule has 0 saturated heterocycles. The summed E-state index contributed by atoms with van der Waals surface area (Å²) in [7, 11) is 1.99. The van der Waals surface area contributed by atoms with Crippen LogP contribution in [0.3, 0.4) is 0 Å². The number of rotatable bonds is 3. The maximum atomic E-state index is 4.66. The van der Waals surface area contributed by atoms with Crippen molar-refractivity contribution in [1.29, 1.82) is 0 Å². The van der Waals surface area contributed by atoms with E-state index in [0.29, 0.717) is 0 Å². The van der Waals surface area contributed by atoms with E-state index in [-0.39, 0.29) is 6.04 Å². The zero-order valence-electron chi connectivity index (χ0n) is 12.7. The molecule has 2 aromatic carbocycles. The van der Waals surface area contributed by atoms with Gasteiger partial charge in [0.2, 0.25) is 0 Å². The maximum absolute atomic E-state index is 4.66. The first-order valence-electron chi connectivity index (χ1n) is 7.29. The molecule has 1 unspecified atom stereocenters. The summed E-state index contributed by atoms with van der Waals surface area (Å²) < 4.78 is 0. The second-order valence-electron chi connectivity index (χ2n) is 5.50. The molecule has 0 radical (unpaired) electrons. The number of hydrogen-bond donors (Lipinski definition) is 1. The summed E-state index contributed by atoms with van der Waals surface area (Å²) in [6.07, 6.45) is 1.89. The van der Waals surface area contributed by atoms with Gasteiger partial charge in [-0.05, 0) is 43.5 Å². The Morgan fingerprint density at radius 1 is 1.00 bits per heavy atom. The van der Waals surface area contributed by atoms with Gasteiger partial charge in [-0.1, -0.05) is 48.0 Å². The monoisotopic (exact) mass is 276 g/mol. The van der Waals surface area contributed by atoms with Crippen LogP contribution in [0.1, 0.15) is 28.4 Å². The predicted molar refractivity (Wildman–Crippen MR) is 88.6 cm³/mol. The number of aryl methyl sites for hydroxylation is 2. The van der Waals surface area contributed by atoms with E-state index < -0.39 is 0 Å². The Morgan fingerprint density at radius 2 is 1.81 bits per heavy atom. The highest BCUT2D eigenvalue weighted by atomic mass is 14.9. The fourth-order valence-electron chi connectivity index (χ4n) is 2.96. The summed E-state index contributed by atoms with van der Waals surface area (Å²) in [5.41, 5.74) is 4.95. The minimum atomic E-state index is 0.108. The lowest BCUT2D eigenvalue weighted by molar-refractivity contribution is 0.673. The molecule has 3 aromatic rings. The number of nitrogens with zero attached hydrogens (tertiary/aromatic N) is 1. The van der Waals surface area contributed by atoms with E-state index in [4.69, 9.17) is 0 Å². The summed E-state index contributed by atoms with van der Waals surface area (Å²) in [5.74, 6) is 0. The Morgan fingerprint density at radius 3 is 2.57 bits per heavy atom. The lowest BCUT2D eigenvalue weighted by Gasteiger charge is -2.20. The first-order chi connectivity index (χ1) is 10.2. The van der Waals surface area contributed by atoms with Crippen LogP contribution in [0.15, 0.2) is 54.7 Å². The number of aromatic nitrogens is 1. The molecular formula is C19H20N2. The van der Waals surface area contributed by atoms with Gasteiger partial charge in [-0.2, -0.15) is 0 Å². The molecule has 0 aliphatic carbocycles. The van der Waals surface area contributed by atoms with Crippen molar-refractivity contribution in [3.63, 3.8) is 0 Å². The molecule has 21 heavy (non-hydrogen) atoms. The molecule has 0 aliphatic rings. The normalized spacial score (nSPS) is 12.5. The third-order valence-electron chi connectivity index (χ3n) is 4.00. The van der Waals surface area contributed by atoms with E-state index in [0.717, 1.165) is 5.69 Å². The van der Waals surface area contributed by atoms with E-state index in [9.17, 15) is 0 Å². The molecule has 1 atom stereocenters. The Hall–Kier alpha value is -2.19. The smallest absolute Gasteiger partial charge is 0.0757 e. The van der Waals surface area contributed by atoms with Crippen molar-refractivity contribution in [1.82, 2.24) is 10.3 Å². The van der Waals surface area contributed by atoms with Crippen molar-refractivity contribution in [3.8, 4) is 0 Å². The molecule has 0 amide bonds. The molecule has 0 bridgehead atoms. The third kappa shape index (κ3) is 2.55. The summed E-state index contributed by atoms with van der Waals surface area (Å²) in [4.78, 5) is 4.66. The highest BCUT2D eigenvalue weighted by molar-refractivity contribution is 5.85. The largest absolute Gasteiger partial charge is 0.308 e. The molecule has 1 heterocycles. The SMILES string of the molecule is CNC(c1ccc(C)cc1C)c1nccc2ccccc12. The number of fused-ring (bicyclic) bond motifs is 1. The standard InChI is InChI=1S/C19H20N2/c1-13-8-9-16(14(2)12-13)18(20-3)19-17-7-5-4-6-15(17)10-11-21-19/h4-12,18,20H,1-3H3. The van der Waals surface area contributed by atoms with Crippen LogP contribution < -0.4 is 5.32 Å². The van der Waals surface area contributed by atoms with Crippen LogP contribution in [-0.4, -0.2) is 12.0 Å². The molecule has 0 spiro atoms. The molecule has 2 nitrogen and oxygen atoms in total. The van der Waals surface area contributed by atoms with E-state index in [1.165, 1.54) is 27.5 Å². The second-order valence-corrected chi connectivity index (χ2v) is 5.50. The highest BCUT2D eigenvalue weighted by Crippen LogP contribution is 2.29. The second kappa shape index (κ2) is 5.66.